The van der Waals surface area contributed by atoms with E-state index in [9.17, 15) is 0 Å². The van der Waals surface area contributed by atoms with Gasteiger partial charge in [0.15, 0.2) is 11.5 Å². The zero-order valence-electron chi connectivity index (χ0n) is 11.1. The third-order valence-electron chi connectivity index (χ3n) is 2.89. The lowest BCUT2D eigenvalue weighted by atomic mass is 9.86. The number of hydrogen-bond acceptors (Lipinski definition) is 3. The second-order valence-electron chi connectivity index (χ2n) is 5.89. The van der Waals surface area contributed by atoms with E-state index in [0.29, 0.717) is 13.2 Å². The molecule has 0 saturated heterocycles. The number of benzene rings is 1. The van der Waals surface area contributed by atoms with Crippen LogP contribution in [0.15, 0.2) is 16.6 Å². The summed E-state index contributed by atoms with van der Waals surface area (Å²) in [5, 5.41) is 0. The normalized spacial score (nSPS) is 16.5. The van der Waals surface area contributed by atoms with Gasteiger partial charge in [0.1, 0.15) is 13.2 Å². The van der Waals surface area contributed by atoms with Gasteiger partial charge in [-0.1, -0.05) is 36.7 Å². The molecule has 2 N–H and O–H groups in total. The van der Waals surface area contributed by atoms with E-state index in [1.54, 1.807) is 0 Å². The Balaban J connectivity index is 2.27. The van der Waals surface area contributed by atoms with Crippen LogP contribution in [0, 0.1) is 5.41 Å². The van der Waals surface area contributed by atoms with Crippen molar-refractivity contribution in [1.82, 2.24) is 0 Å². The second-order valence-corrected chi connectivity index (χ2v) is 6.74. The number of fused-ring (bicyclic) bond motifs is 1. The Morgan fingerprint density at radius 1 is 1.22 bits per heavy atom. The minimum atomic E-state index is -0.00444. The van der Waals surface area contributed by atoms with Gasteiger partial charge >= 0.3 is 0 Å². The maximum absolute atomic E-state index is 6.29. The van der Waals surface area contributed by atoms with Crippen LogP contribution in [0.5, 0.6) is 11.5 Å². The summed E-state index contributed by atoms with van der Waals surface area (Å²) in [7, 11) is 0. The average molecular weight is 314 g/mol. The van der Waals surface area contributed by atoms with E-state index in [4.69, 9.17) is 15.2 Å². The Kier molecular flexibility index (Phi) is 3.87. The molecule has 0 amide bonds. The number of ether oxygens (including phenoxy) is 2. The highest BCUT2D eigenvalue weighted by molar-refractivity contribution is 9.10. The van der Waals surface area contributed by atoms with Gasteiger partial charge in [0.2, 0.25) is 0 Å². The predicted octanol–water partition coefficient (Wildman–Crippen LogP) is 3.66. The number of hydrogen-bond donors (Lipinski definition) is 1. The maximum atomic E-state index is 6.29. The minimum Gasteiger partial charge on any atom is -0.486 e. The lowest BCUT2D eigenvalue weighted by Gasteiger charge is -2.26. The van der Waals surface area contributed by atoms with Crippen LogP contribution in [-0.2, 0) is 0 Å². The van der Waals surface area contributed by atoms with E-state index in [2.05, 4.69) is 36.7 Å². The molecule has 0 aromatic heterocycles. The van der Waals surface area contributed by atoms with Crippen LogP contribution in [0.4, 0.5) is 0 Å². The van der Waals surface area contributed by atoms with Crippen molar-refractivity contribution in [2.45, 2.75) is 33.2 Å². The molecule has 1 aliphatic heterocycles. The van der Waals surface area contributed by atoms with Gasteiger partial charge in [-0.2, -0.15) is 0 Å². The summed E-state index contributed by atoms with van der Waals surface area (Å²) in [5.74, 6) is 1.59. The van der Waals surface area contributed by atoms with Crippen LogP contribution in [0.1, 0.15) is 38.8 Å². The van der Waals surface area contributed by atoms with Crippen molar-refractivity contribution >= 4 is 15.9 Å². The Hall–Kier alpha value is -0.740. The van der Waals surface area contributed by atoms with Gasteiger partial charge in [0.25, 0.3) is 0 Å². The highest BCUT2D eigenvalue weighted by atomic mass is 79.9. The highest BCUT2D eigenvalue weighted by Gasteiger charge is 2.22. The Morgan fingerprint density at radius 3 is 2.33 bits per heavy atom. The third-order valence-corrected chi connectivity index (χ3v) is 3.58. The molecule has 0 saturated carbocycles. The van der Waals surface area contributed by atoms with E-state index in [1.807, 2.05) is 12.1 Å². The molecule has 1 aromatic rings. The smallest absolute Gasteiger partial charge is 0.162 e. The van der Waals surface area contributed by atoms with E-state index >= 15 is 0 Å². The van der Waals surface area contributed by atoms with Gasteiger partial charge in [-0.25, -0.2) is 0 Å². The molecule has 0 fully saturated rings. The van der Waals surface area contributed by atoms with Gasteiger partial charge in [0.05, 0.1) is 0 Å². The molecule has 18 heavy (non-hydrogen) atoms. The van der Waals surface area contributed by atoms with E-state index in [1.165, 1.54) is 0 Å². The van der Waals surface area contributed by atoms with Gasteiger partial charge in [-0.3, -0.25) is 0 Å². The van der Waals surface area contributed by atoms with Crippen LogP contribution >= 0.6 is 15.9 Å². The largest absolute Gasteiger partial charge is 0.486 e. The molecule has 1 aromatic carbocycles. The Labute approximate surface area is 117 Å². The van der Waals surface area contributed by atoms with Crippen molar-refractivity contribution in [3.63, 3.8) is 0 Å². The van der Waals surface area contributed by atoms with Crippen molar-refractivity contribution in [2.24, 2.45) is 11.1 Å². The Bertz CT molecular complexity index is 440. The molecule has 1 atom stereocenters. The summed E-state index contributed by atoms with van der Waals surface area (Å²) in [4.78, 5) is 0. The summed E-state index contributed by atoms with van der Waals surface area (Å²) in [5.41, 5.74) is 7.57. The summed E-state index contributed by atoms with van der Waals surface area (Å²) in [6.45, 7) is 7.78. The van der Waals surface area contributed by atoms with Crippen molar-refractivity contribution in [2.75, 3.05) is 13.2 Å². The van der Waals surface area contributed by atoms with Crippen molar-refractivity contribution < 1.29 is 9.47 Å². The van der Waals surface area contributed by atoms with Crippen molar-refractivity contribution in [3.05, 3.63) is 22.2 Å². The first-order chi connectivity index (χ1) is 8.37. The lowest BCUT2D eigenvalue weighted by molar-refractivity contribution is 0.171. The molecule has 100 valence electrons. The van der Waals surface area contributed by atoms with E-state index in [-0.39, 0.29) is 11.5 Å². The number of rotatable bonds is 2. The van der Waals surface area contributed by atoms with Gasteiger partial charge in [-0.15, -0.1) is 0 Å². The summed E-state index contributed by atoms with van der Waals surface area (Å²) in [6, 6.07) is 3.94. The fourth-order valence-corrected chi connectivity index (χ4v) is 2.75. The van der Waals surface area contributed by atoms with Crippen molar-refractivity contribution in [1.29, 1.82) is 0 Å². The van der Waals surface area contributed by atoms with Crippen LogP contribution < -0.4 is 15.2 Å². The van der Waals surface area contributed by atoms with E-state index in [0.717, 1.165) is 28.0 Å². The molecular formula is C14H20BrNO2. The van der Waals surface area contributed by atoms with Crippen LogP contribution in [0.2, 0.25) is 0 Å². The standard InChI is InChI=1S/C14H20BrNO2/c1-14(2,3)8-11(16)9-6-12-13(7-10(9)15)18-5-4-17-12/h6-7,11H,4-5,8,16H2,1-3H3. The predicted molar refractivity (Wildman–Crippen MR) is 76.1 cm³/mol. The number of halogens is 1. The molecule has 2 rings (SSSR count). The monoisotopic (exact) mass is 313 g/mol. The lowest BCUT2D eigenvalue weighted by Crippen LogP contribution is -2.20. The van der Waals surface area contributed by atoms with Crippen LogP contribution in [0.25, 0.3) is 0 Å². The molecule has 0 radical (unpaired) electrons. The quantitative estimate of drug-likeness (QED) is 0.906. The first kappa shape index (κ1) is 13.7. The summed E-state index contributed by atoms with van der Waals surface area (Å²) < 4.78 is 12.1. The highest BCUT2D eigenvalue weighted by Crippen LogP contribution is 2.39. The molecule has 0 spiro atoms. The zero-order valence-corrected chi connectivity index (χ0v) is 12.7. The molecule has 1 unspecified atom stereocenters. The fourth-order valence-electron chi connectivity index (χ4n) is 2.13. The molecule has 1 heterocycles. The fraction of sp³-hybridized carbons (Fsp3) is 0.571. The average Bonchev–Trinajstić information content (AvgIpc) is 2.25. The van der Waals surface area contributed by atoms with Crippen LogP contribution in [0.3, 0.4) is 0 Å². The summed E-state index contributed by atoms with van der Waals surface area (Å²) in [6.07, 6.45) is 0.922. The minimum absolute atomic E-state index is 0.00444. The zero-order chi connectivity index (χ0) is 13.3. The Morgan fingerprint density at radius 2 is 1.78 bits per heavy atom. The molecule has 0 bridgehead atoms. The van der Waals surface area contributed by atoms with Crippen molar-refractivity contribution in [3.8, 4) is 11.5 Å². The first-order valence-corrected chi connectivity index (χ1v) is 7.01. The summed E-state index contributed by atoms with van der Waals surface area (Å²) >= 11 is 3.57. The third kappa shape index (κ3) is 3.18. The SMILES string of the molecule is CC(C)(C)CC(N)c1cc2c(cc1Br)OCCO2. The molecule has 1 aliphatic rings. The maximum Gasteiger partial charge on any atom is 0.162 e. The molecule has 4 heteroatoms. The van der Waals surface area contributed by atoms with E-state index < -0.39 is 0 Å². The van der Waals surface area contributed by atoms with Gasteiger partial charge in [-0.05, 0) is 29.5 Å². The van der Waals surface area contributed by atoms with Gasteiger partial charge in [0, 0.05) is 10.5 Å². The van der Waals surface area contributed by atoms with Crippen LogP contribution in [-0.4, -0.2) is 13.2 Å². The topological polar surface area (TPSA) is 44.5 Å². The molecule has 3 nitrogen and oxygen atoms in total. The number of nitrogens with two attached hydrogens (primary N) is 1. The van der Waals surface area contributed by atoms with Gasteiger partial charge < -0.3 is 15.2 Å². The molecular weight excluding hydrogens is 294 g/mol. The second kappa shape index (κ2) is 5.10. The molecule has 0 aliphatic carbocycles. The first-order valence-electron chi connectivity index (χ1n) is 6.21.